The standard InChI is InChI=1S/C11H16FN3O4/c1-7(16)4-2-3-5-13-10(18)15-6-8(12)9(17)14-11(15)19/h6-7,16H,2-5H2,1H3,(H,13,18)(H,14,17,19). The Morgan fingerprint density at radius 3 is 2.84 bits per heavy atom. The van der Waals surface area contributed by atoms with E-state index in [1.54, 1.807) is 11.9 Å². The van der Waals surface area contributed by atoms with Crippen molar-refractivity contribution in [3.63, 3.8) is 0 Å². The number of rotatable bonds is 5. The molecule has 0 fully saturated rings. The van der Waals surface area contributed by atoms with Gasteiger partial charge in [-0.05, 0) is 26.2 Å². The Morgan fingerprint density at radius 1 is 1.53 bits per heavy atom. The monoisotopic (exact) mass is 273 g/mol. The highest BCUT2D eigenvalue weighted by atomic mass is 19.1. The number of carbonyl (C=O) groups is 1. The molecule has 0 radical (unpaired) electrons. The number of amides is 1. The summed E-state index contributed by atoms with van der Waals surface area (Å²) in [5, 5.41) is 11.4. The third kappa shape index (κ3) is 4.66. The lowest BCUT2D eigenvalue weighted by atomic mass is 10.2. The minimum absolute atomic E-state index is 0.290. The van der Waals surface area contributed by atoms with Crippen LogP contribution in [-0.4, -0.2) is 33.3 Å². The van der Waals surface area contributed by atoms with Crippen molar-refractivity contribution in [1.29, 1.82) is 0 Å². The Balaban J connectivity index is 2.53. The third-order valence-corrected chi connectivity index (χ3v) is 2.44. The molecule has 1 rings (SSSR count). The summed E-state index contributed by atoms with van der Waals surface area (Å²) in [6.07, 6.45) is 2.10. The first-order valence-electron chi connectivity index (χ1n) is 5.89. The average Bonchev–Trinajstić information content (AvgIpc) is 2.32. The second-order valence-electron chi connectivity index (χ2n) is 4.18. The van der Waals surface area contributed by atoms with Gasteiger partial charge in [-0.3, -0.25) is 9.78 Å². The topological polar surface area (TPSA) is 104 Å². The number of nitrogens with zero attached hydrogens (tertiary/aromatic N) is 1. The molecule has 0 spiro atoms. The first-order valence-corrected chi connectivity index (χ1v) is 5.89. The summed E-state index contributed by atoms with van der Waals surface area (Å²) < 4.78 is 13.4. The summed E-state index contributed by atoms with van der Waals surface area (Å²) in [4.78, 5) is 35.3. The molecule has 1 atom stereocenters. The molecule has 0 saturated heterocycles. The van der Waals surface area contributed by atoms with Crippen LogP contribution in [0, 0.1) is 5.82 Å². The molecule has 19 heavy (non-hydrogen) atoms. The summed E-state index contributed by atoms with van der Waals surface area (Å²) in [6, 6.07) is -0.808. The lowest BCUT2D eigenvalue weighted by Gasteiger charge is -2.07. The molecule has 0 aliphatic rings. The van der Waals surface area contributed by atoms with Crippen molar-refractivity contribution in [1.82, 2.24) is 14.9 Å². The van der Waals surface area contributed by atoms with E-state index < -0.39 is 29.2 Å². The number of hydrogen-bond donors (Lipinski definition) is 3. The van der Waals surface area contributed by atoms with Crippen molar-refractivity contribution >= 4 is 6.03 Å². The van der Waals surface area contributed by atoms with Crippen LogP contribution in [0.3, 0.4) is 0 Å². The van der Waals surface area contributed by atoms with Gasteiger partial charge < -0.3 is 10.4 Å². The van der Waals surface area contributed by atoms with Gasteiger partial charge in [0.05, 0.1) is 12.3 Å². The molecule has 0 aliphatic heterocycles. The molecule has 0 aromatic carbocycles. The SMILES string of the molecule is CC(O)CCCCNC(=O)n1cc(F)c(=O)[nH]c1=O. The normalized spacial score (nSPS) is 12.2. The molecule has 8 heteroatoms. The number of unbranched alkanes of at least 4 members (excludes halogenated alkanes) is 1. The van der Waals surface area contributed by atoms with Crippen LogP contribution in [0.5, 0.6) is 0 Å². The molecule has 106 valence electrons. The Labute approximate surface area is 108 Å². The average molecular weight is 273 g/mol. The molecular weight excluding hydrogens is 257 g/mol. The van der Waals surface area contributed by atoms with Gasteiger partial charge in [0.1, 0.15) is 0 Å². The maximum atomic E-state index is 12.9. The van der Waals surface area contributed by atoms with Crippen LogP contribution in [-0.2, 0) is 0 Å². The van der Waals surface area contributed by atoms with Gasteiger partial charge >= 0.3 is 11.7 Å². The zero-order valence-corrected chi connectivity index (χ0v) is 10.5. The predicted octanol–water partition coefficient (Wildman–Crippen LogP) is -0.215. The molecule has 7 nitrogen and oxygen atoms in total. The van der Waals surface area contributed by atoms with Crippen LogP contribution in [0.15, 0.2) is 15.8 Å². The van der Waals surface area contributed by atoms with E-state index in [0.717, 1.165) is 0 Å². The zero-order valence-electron chi connectivity index (χ0n) is 10.5. The quantitative estimate of drug-likeness (QED) is 0.645. The summed E-state index contributed by atoms with van der Waals surface area (Å²) in [5.74, 6) is -1.20. The second kappa shape index (κ2) is 6.83. The third-order valence-electron chi connectivity index (χ3n) is 2.44. The van der Waals surface area contributed by atoms with E-state index in [9.17, 15) is 18.8 Å². The highest BCUT2D eigenvalue weighted by Gasteiger charge is 2.10. The number of H-pyrrole nitrogens is 1. The number of hydrogen-bond acceptors (Lipinski definition) is 4. The first kappa shape index (κ1) is 15.1. The van der Waals surface area contributed by atoms with Gasteiger partial charge in [0.15, 0.2) is 0 Å². The van der Waals surface area contributed by atoms with Gasteiger partial charge in [-0.15, -0.1) is 0 Å². The molecule has 3 N–H and O–H groups in total. The minimum atomic E-state index is -1.20. The largest absolute Gasteiger partial charge is 0.393 e. The van der Waals surface area contributed by atoms with Crippen molar-refractivity contribution in [3.05, 3.63) is 32.9 Å². The molecule has 0 bridgehead atoms. The molecule has 1 heterocycles. The molecular formula is C11H16FN3O4. The fourth-order valence-corrected chi connectivity index (χ4v) is 1.44. The lowest BCUT2D eigenvalue weighted by Crippen LogP contribution is -2.40. The number of aliphatic hydroxyl groups is 1. The van der Waals surface area contributed by atoms with Crippen molar-refractivity contribution in [2.75, 3.05) is 6.54 Å². The number of carbonyl (C=O) groups excluding carboxylic acids is 1. The van der Waals surface area contributed by atoms with Crippen LogP contribution in [0.2, 0.25) is 0 Å². The van der Waals surface area contributed by atoms with E-state index >= 15 is 0 Å². The Hall–Kier alpha value is -1.96. The van der Waals surface area contributed by atoms with E-state index in [1.807, 2.05) is 0 Å². The molecule has 1 unspecified atom stereocenters. The summed E-state index contributed by atoms with van der Waals surface area (Å²) in [5.41, 5.74) is -2.15. The van der Waals surface area contributed by atoms with Gasteiger partial charge in [-0.1, -0.05) is 0 Å². The highest BCUT2D eigenvalue weighted by molar-refractivity contribution is 5.76. The Bertz CT molecular complexity index is 550. The van der Waals surface area contributed by atoms with Gasteiger partial charge in [0, 0.05) is 6.54 Å². The highest BCUT2D eigenvalue weighted by Crippen LogP contribution is 1.98. The van der Waals surface area contributed by atoms with Crippen molar-refractivity contribution < 1.29 is 14.3 Å². The number of aromatic nitrogens is 2. The molecule has 0 saturated carbocycles. The van der Waals surface area contributed by atoms with E-state index in [1.165, 1.54) is 0 Å². The maximum Gasteiger partial charge on any atom is 0.336 e. The fraction of sp³-hybridized carbons (Fsp3) is 0.545. The predicted molar refractivity (Wildman–Crippen MR) is 65.6 cm³/mol. The van der Waals surface area contributed by atoms with Crippen molar-refractivity contribution in [2.45, 2.75) is 32.3 Å². The smallest absolute Gasteiger partial charge is 0.336 e. The van der Waals surface area contributed by atoms with Crippen molar-refractivity contribution in [3.8, 4) is 0 Å². The van der Waals surface area contributed by atoms with E-state index in [-0.39, 0.29) is 0 Å². The van der Waals surface area contributed by atoms with E-state index in [0.29, 0.717) is 36.6 Å². The second-order valence-corrected chi connectivity index (χ2v) is 4.18. The summed E-state index contributed by atoms with van der Waals surface area (Å²) in [7, 11) is 0. The van der Waals surface area contributed by atoms with Gasteiger partial charge in [-0.25, -0.2) is 14.2 Å². The van der Waals surface area contributed by atoms with Crippen LogP contribution in [0.1, 0.15) is 26.2 Å². The summed E-state index contributed by atoms with van der Waals surface area (Å²) in [6.45, 7) is 1.96. The Morgan fingerprint density at radius 2 is 2.21 bits per heavy atom. The van der Waals surface area contributed by atoms with E-state index in [4.69, 9.17) is 5.11 Å². The molecule has 0 aliphatic carbocycles. The summed E-state index contributed by atoms with van der Waals surface area (Å²) >= 11 is 0. The Kier molecular flexibility index (Phi) is 5.43. The van der Waals surface area contributed by atoms with Crippen molar-refractivity contribution in [2.24, 2.45) is 0 Å². The molecule has 1 aromatic heterocycles. The number of nitrogens with one attached hydrogen (secondary N) is 2. The van der Waals surface area contributed by atoms with Crippen LogP contribution in [0.25, 0.3) is 0 Å². The maximum absolute atomic E-state index is 12.9. The molecule has 1 aromatic rings. The van der Waals surface area contributed by atoms with Crippen LogP contribution < -0.4 is 16.6 Å². The minimum Gasteiger partial charge on any atom is -0.393 e. The van der Waals surface area contributed by atoms with Gasteiger partial charge in [-0.2, -0.15) is 4.39 Å². The number of aliphatic hydroxyl groups excluding tert-OH is 1. The van der Waals surface area contributed by atoms with Gasteiger partial charge in [0.25, 0.3) is 5.56 Å². The van der Waals surface area contributed by atoms with Crippen LogP contribution >= 0.6 is 0 Å². The number of halogens is 1. The van der Waals surface area contributed by atoms with Gasteiger partial charge in [0.2, 0.25) is 5.82 Å². The zero-order chi connectivity index (χ0) is 14.4. The lowest BCUT2D eigenvalue weighted by molar-refractivity contribution is 0.180. The van der Waals surface area contributed by atoms with E-state index in [2.05, 4.69) is 5.32 Å². The molecule has 1 amide bonds. The number of aromatic amines is 1. The first-order chi connectivity index (χ1) is 8.91. The fourth-order valence-electron chi connectivity index (χ4n) is 1.44. The van der Waals surface area contributed by atoms with Crippen LogP contribution in [0.4, 0.5) is 9.18 Å².